The smallest absolute Gasteiger partial charge is 0.333 e. The predicted molar refractivity (Wildman–Crippen MR) is 99.6 cm³/mol. The van der Waals surface area contributed by atoms with Crippen LogP contribution in [0.4, 0.5) is 0 Å². The lowest BCUT2D eigenvalue weighted by Gasteiger charge is -2.31. The lowest BCUT2D eigenvalue weighted by molar-refractivity contribution is -0.139. The molecule has 0 aliphatic heterocycles. The van der Waals surface area contributed by atoms with Crippen molar-refractivity contribution >= 4 is 28.6 Å². The van der Waals surface area contributed by atoms with Gasteiger partial charge in [0, 0.05) is 11.6 Å². The van der Waals surface area contributed by atoms with Gasteiger partial charge in [0.25, 0.3) is 0 Å². The van der Waals surface area contributed by atoms with Crippen molar-refractivity contribution in [2.75, 3.05) is 6.61 Å². The molecule has 0 saturated carbocycles. The first-order valence-electron chi connectivity index (χ1n) is 7.69. The van der Waals surface area contributed by atoms with E-state index >= 15 is 0 Å². The van der Waals surface area contributed by atoms with E-state index in [1.807, 2.05) is 0 Å². The summed E-state index contributed by atoms with van der Waals surface area (Å²) in [7, 11) is -3.04. The standard InChI is InChI=1S/C12H26O3Si2.C4H6O2/c1-11(2)12(13)14-9-8-10-17(6,7)15-16(3,4)5;1-2-3-4(5)6/h1,8-10H2,2-7H3;2-3H,1H3,(H,5,6). The molecule has 1 N–H and O–H groups in total. The summed E-state index contributed by atoms with van der Waals surface area (Å²) in [6, 6.07) is 1.03. The van der Waals surface area contributed by atoms with Crippen LogP contribution in [0, 0.1) is 0 Å². The summed E-state index contributed by atoms with van der Waals surface area (Å²) in [5, 5.41) is 7.83. The topological polar surface area (TPSA) is 72.8 Å². The number of hydrogen-bond acceptors (Lipinski definition) is 4. The quantitative estimate of drug-likeness (QED) is 0.304. The third kappa shape index (κ3) is 18.8. The van der Waals surface area contributed by atoms with E-state index in [1.165, 1.54) is 6.08 Å². The van der Waals surface area contributed by atoms with Crippen LogP contribution < -0.4 is 0 Å². The molecule has 0 aromatic heterocycles. The van der Waals surface area contributed by atoms with Crippen LogP contribution in [0.5, 0.6) is 0 Å². The number of allylic oxidation sites excluding steroid dienone is 1. The molecule has 0 heterocycles. The van der Waals surface area contributed by atoms with Gasteiger partial charge >= 0.3 is 11.9 Å². The molecule has 23 heavy (non-hydrogen) atoms. The number of carbonyl (C=O) groups excluding carboxylic acids is 1. The second kappa shape index (κ2) is 11.4. The van der Waals surface area contributed by atoms with Crippen LogP contribution in [0.15, 0.2) is 24.3 Å². The average molecular weight is 361 g/mol. The molecule has 0 saturated heterocycles. The fourth-order valence-corrected chi connectivity index (χ4v) is 9.84. The van der Waals surface area contributed by atoms with Gasteiger partial charge in [0.05, 0.1) is 6.61 Å². The molecule has 7 heteroatoms. The summed E-state index contributed by atoms with van der Waals surface area (Å²) >= 11 is 0. The summed E-state index contributed by atoms with van der Waals surface area (Å²) in [5.41, 5.74) is 0.458. The largest absolute Gasteiger partial charge is 0.478 e. The van der Waals surface area contributed by atoms with Crippen LogP contribution in [0.1, 0.15) is 20.3 Å². The minimum atomic E-state index is -1.59. The molecule has 0 aliphatic carbocycles. The van der Waals surface area contributed by atoms with Crippen molar-refractivity contribution in [3.8, 4) is 0 Å². The van der Waals surface area contributed by atoms with Crippen LogP contribution in [0.25, 0.3) is 0 Å². The Morgan fingerprint density at radius 2 is 1.70 bits per heavy atom. The number of carbonyl (C=O) groups is 2. The molecule has 0 rings (SSSR count). The first-order chi connectivity index (χ1) is 10.3. The number of aliphatic carboxylic acids is 1. The van der Waals surface area contributed by atoms with Crippen molar-refractivity contribution in [2.45, 2.75) is 59.0 Å². The Morgan fingerprint density at radius 3 is 2.00 bits per heavy atom. The van der Waals surface area contributed by atoms with Gasteiger partial charge in [0.15, 0.2) is 16.6 Å². The fraction of sp³-hybridized carbons (Fsp3) is 0.625. The molecule has 0 radical (unpaired) electrons. The van der Waals surface area contributed by atoms with E-state index in [-0.39, 0.29) is 5.97 Å². The highest BCUT2D eigenvalue weighted by Crippen LogP contribution is 2.19. The van der Waals surface area contributed by atoms with Gasteiger partial charge in [-0.1, -0.05) is 12.7 Å². The van der Waals surface area contributed by atoms with Gasteiger partial charge in [0.1, 0.15) is 0 Å². The van der Waals surface area contributed by atoms with Crippen LogP contribution in [0.2, 0.25) is 38.8 Å². The van der Waals surface area contributed by atoms with E-state index < -0.39 is 22.6 Å². The first kappa shape index (κ1) is 24.1. The summed E-state index contributed by atoms with van der Waals surface area (Å²) in [5.74, 6) is -1.19. The minimum absolute atomic E-state index is 0.296. The molecule has 0 amide bonds. The Balaban J connectivity index is 0. The van der Waals surface area contributed by atoms with E-state index in [9.17, 15) is 9.59 Å². The van der Waals surface area contributed by atoms with E-state index in [0.717, 1.165) is 18.5 Å². The Hall–Kier alpha value is -1.19. The third-order valence-corrected chi connectivity index (χ3v) is 8.61. The van der Waals surface area contributed by atoms with Crippen LogP contribution in [-0.2, 0) is 18.4 Å². The maximum atomic E-state index is 11.2. The Kier molecular flexibility index (Phi) is 11.9. The van der Waals surface area contributed by atoms with Crippen molar-refractivity contribution in [3.63, 3.8) is 0 Å². The number of rotatable bonds is 8. The summed E-state index contributed by atoms with van der Waals surface area (Å²) < 4.78 is 11.3. The number of esters is 1. The second-order valence-corrected chi connectivity index (χ2v) is 15.9. The zero-order chi connectivity index (χ0) is 18.7. The molecule has 0 unspecified atom stereocenters. The Bertz CT molecular complexity index is 423. The molecule has 0 aromatic carbocycles. The SMILES string of the molecule is C=C(C)C(=O)OCCC[Si](C)(C)O[Si](C)(C)C.CC=CC(=O)O. The second-order valence-electron chi connectivity index (χ2n) is 6.83. The molecular formula is C16H32O5Si2. The van der Waals surface area contributed by atoms with Crippen molar-refractivity contribution in [3.05, 3.63) is 24.3 Å². The number of ether oxygens (including phenoxy) is 1. The van der Waals surface area contributed by atoms with Gasteiger partial charge in [-0.3, -0.25) is 0 Å². The molecule has 0 aliphatic rings. The van der Waals surface area contributed by atoms with Crippen molar-refractivity contribution in [1.82, 2.24) is 0 Å². The minimum Gasteiger partial charge on any atom is -0.478 e. The summed E-state index contributed by atoms with van der Waals surface area (Å²) in [6.07, 6.45) is 3.44. The zero-order valence-corrected chi connectivity index (χ0v) is 17.6. The van der Waals surface area contributed by atoms with E-state index in [0.29, 0.717) is 12.2 Å². The normalized spacial score (nSPS) is 11.6. The van der Waals surface area contributed by atoms with E-state index in [1.54, 1.807) is 13.8 Å². The number of carboxylic acids is 1. The monoisotopic (exact) mass is 360 g/mol. The van der Waals surface area contributed by atoms with Gasteiger partial charge in [-0.2, -0.15) is 0 Å². The fourth-order valence-electron chi connectivity index (χ4n) is 1.81. The van der Waals surface area contributed by atoms with Crippen molar-refractivity contribution in [1.29, 1.82) is 0 Å². The number of hydrogen-bond donors (Lipinski definition) is 1. The molecule has 0 aromatic rings. The highest BCUT2D eigenvalue weighted by molar-refractivity contribution is 6.84. The van der Waals surface area contributed by atoms with Crippen LogP contribution >= 0.6 is 0 Å². The van der Waals surface area contributed by atoms with E-state index in [4.69, 9.17) is 14.0 Å². The molecule has 5 nitrogen and oxygen atoms in total. The summed E-state index contributed by atoms with van der Waals surface area (Å²) in [4.78, 5) is 20.7. The molecule has 134 valence electrons. The summed E-state index contributed by atoms with van der Waals surface area (Å²) in [6.45, 7) is 18.4. The maximum Gasteiger partial charge on any atom is 0.333 e. The van der Waals surface area contributed by atoms with Crippen molar-refractivity contribution < 1.29 is 23.5 Å². The lowest BCUT2D eigenvalue weighted by atomic mass is 10.4. The van der Waals surface area contributed by atoms with Crippen LogP contribution in [0.3, 0.4) is 0 Å². The average Bonchev–Trinajstić information content (AvgIpc) is 2.31. The van der Waals surface area contributed by atoms with Gasteiger partial charge in [0.2, 0.25) is 0 Å². The molecule has 0 spiro atoms. The van der Waals surface area contributed by atoms with Crippen molar-refractivity contribution in [2.24, 2.45) is 0 Å². The van der Waals surface area contributed by atoms with E-state index in [2.05, 4.69) is 39.3 Å². The van der Waals surface area contributed by atoms with Gasteiger partial charge in [-0.05, 0) is 59.0 Å². The van der Waals surface area contributed by atoms with Gasteiger partial charge < -0.3 is 14.0 Å². The first-order valence-corrected chi connectivity index (χ1v) is 14.2. The lowest BCUT2D eigenvalue weighted by Crippen LogP contribution is -2.42. The highest BCUT2D eigenvalue weighted by atomic mass is 28.4. The van der Waals surface area contributed by atoms with Gasteiger partial charge in [-0.25, -0.2) is 9.59 Å². The molecule has 0 fully saturated rings. The molecular weight excluding hydrogens is 328 g/mol. The Morgan fingerprint density at radius 1 is 1.17 bits per heavy atom. The van der Waals surface area contributed by atoms with Gasteiger partial charge in [-0.15, -0.1) is 0 Å². The Labute approximate surface area is 142 Å². The predicted octanol–water partition coefficient (Wildman–Crippen LogP) is 4.20. The highest BCUT2D eigenvalue weighted by Gasteiger charge is 2.29. The molecule has 0 atom stereocenters. The zero-order valence-electron chi connectivity index (χ0n) is 15.6. The molecule has 0 bridgehead atoms. The number of carboxylic acid groups (broad SMARTS) is 1. The third-order valence-electron chi connectivity index (χ3n) is 2.40. The maximum absolute atomic E-state index is 11.2. The van der Waals surface area contributed by atoms with Crippen LogP contribution in [-0.4, -0.2) is 40.3 Å².